The van der Waals surface area contributed by atoms with Crippen LogP contribution in [0.3, 0.4) is 0 Å². The molecule has 4 rings (SSSR count). The summed E-state index contributed by atoms with van der Waals surface area (Å²) in [4.78, 5) is 29.1. The van der Waals surface area contributed by atoms with Gasteiger partial charge in [0, 0.05) is 0 Å². The summed E-state index contributed by atoms with van der Waals surface area (Å²) in [6, 6.07) is 8.58. The molecule has 2 aromatic carbocycles. The first-order valence-electron chi connectivity index (χ1n) is 7.96. The van der Waals surface area contributed by atoms with Crippen molar-refractivity contribution in [1.82, 2.24) is 4.98 Å². The number of ether oxygens (including phenoxy) is 1. The Morgan fingerprint density at radius 3 is 2.70 bits per heavy atom. The molecular formula is C18H12F2N2O4S. The third-order valence-corrected chi connectivity index (χ3v) is 5.10. The second-order valence-corrected chi connectivity index (χ2v) is 7.02. The van der Waals surface area contributed by atoms with Gasteiger partial charge in [0.15, 0.2) is 11.9 Å². The van der Waals surface area contributed by atoms with Crippen LogP contribution in [0.5, 0.6) is 5.75 Å². The number of hydrogen-bond acceptors (Lipinski definition) is 5. The fourth-order valence-corrected chi connectivity index (χ4v) is 3.92. The molecular weight excluding hydrogens is 378 g/mol. The van der Waals surface area contributed by atoms with Gasteiger partial charge >= 0.3 is 5.97 Å². The molecule has 0 saturated carbocycles. The minimum Gasteiger partial charge on any atom is -0.481 e. The van der Waals surface area contributed by atoms with Crippen LogP contribution in [-0.4, -0.2) is 28.1 Å². The summed E-state index contributed by atoms with van der Waals surface area (Å²) in [6.07, 6.45) is -1.83. The maximum absolute atomic E-state index is 14.4. The number of amides is 1. The molecule has 3 aromatic rings. The highest BCUT2D eigenvalue weighted by Crippen LogP contribution is 2.38. The first kappa shape index (κ1) is 17.3. The van der Waals surface area contributed by atoms with Gasteiger partial charge < -0.3 is 9.84 Å². The molecule has 1 amide bonds. The second kappa shape index (κ2) is 6.58. The number of aliphatic carboxylic acids is 1. The number of carbonyl (C=O) groups is 2. The van der Waals surface area contributed by atoms with Gasteiger partial charge in [-0.1, -0.05) is 12.1 Å². The number of fused-ring (bicyclic) bond motifs is 2. The van der Waals surface area contributed by atoms with Crippen LogP contribution >= 0.6 is 11.3 Å². The number of anilines is 1. The molecule has 0 saturated heterocycles. The van der Waals surface area contributed by atoms with Crippen LogP contribution in [0, 0.1) is 11.6 Å². The fourth-order valence-electron chi connectivity index (χ4n) is 2.95. The van der Waals surface area contributed by atoms with Gasteiger partial charge in [-0.15, -0.1) is 11.3 Å². The van der Waals surface area contributed by atoms with E-state index >= 15 is 0 Å². The number of halogens is 2. The van der Waals surface area contributed by atoms with Gasteiger partial charge in [-0.3, -0.25) is 14.5 Å². The molecule has 1 aromatic heterocycles. The number of benzene rings is 2. The average Bonchev–Trinajstić information content (AvgIpc) is 3.02. The molecule has 9 heteroatoms. The Bertz CT molecular complexity index is 1070. The van der Waals surface area contributed by atoms with E-state index < -0.39 is 36.0 Å². The van der Waals surface area contributed by atoms with E-state index in [4.69, 9.17) is 9.84 Å². The van der Waals surface area contributed by atoms with Crippen molar-refractivity contribution in [3.63, 3.8) is 0 Å². The molecule has 0 fully saturated rings. The molecule has 0 bridgehead atoms. The highest BCUT2D eigenvalue weighted by Gasteiger charge is 2.38. The van der Waals surface area contributed by atoms with Crippen LogP contribution in [0.25, 0.3) is 10.2 Å². The number of carbonyl (C=O) groups excluding carboxylic acids is 1. The number of thiazole rings is 1. The molecule has 0 aliphatic carbocycles. The van der Waals surface area contributed by atoms with Crippen LogP contribution in [-0.2, 0) is 16.1 Å². The molecule has 1 aliphatic rings. The minimum absolute atomic E-state index is 0.0770. The Morgan fingerprint density at radius 2 is 1.96 bits per heavy atom. The van der Waals surface area contributed by atoms with E-state index in [0.29, 0.717) is 9.71 Å². The summed E-state index contributed by atoms with van der Waals surface area (Å²) in [7, 11) is 0. The van der Waals surface area contributed by atoms with Gasteiger partial charge in [0.05, 0.1) is 17.7 Å². The standard InChI is InChI=1S/C18H12F2N2O4S/c19-9-3-2-6-13-16(9)21-14(27-13)8-22-17-10(20)4-1-5-11(17)26-12(18(22)25)7-15(23)24/h1-6,12H,7-8H2,(H,23,24). The van der Waals surface area contributed by atoms with Crippen LogP contribution in [0.15, 0.2) is 36.4 Å². The number of hydrogen-bond donors (Lipinski definition) is 1. The van der Waals surface area contributed by atoms with Crippen LogP contribution in [0.2, 0.25) is 0 Å². The van der Waals surface area contributed by atoms with Crippen molar-refractivity contribution in [3.05, 3.63) is 53.0 Å². The SMILES string of the molecule is O=C(O)CC1Oc2cccc(F)c2N(Cc2nc3c(F)cccc3s2)C1=O. The highest BCUT2D eigenvalue weighted by atomic mass is 32.1. The van der Waals surface area contributed by atoms with Crippen molar-refractivity contribution >= 4 is 39.1 Å². The largest absolute Gasteiger partial charge is 0.481 e. The summed E-state index contributed by atoms with van der Waals surface area (Å²) in [5.41, 5.74) is 0.0953. The molecule has 27 heavy (non-hydrogen) atoms. The third-order valence-electron chi connectivity index (χ3n) is 4.10. The van der Waals surface area contributed by atoms with Gasteiger partial charge in [0.2, 0.25) is 0 Å². The first-order chi connectivity index (χ1) is 12.9. The lowest BCUT2D eigenvalue weighted by molar-refractivity contribution is -0.142. The third kappa shape index (κ3) is 3.10. The predicted octanol–water partition coefficient (Wildman–Crippen LogP) is 3.34. The minimum atomic E-state index is -1.28. The quantitative estimate of drug-likeness (QED) is 0.739. The van der Waals surface area contributed by atoms with Crippen molar-refractivity contribution < 1.29 is 28.2 Å². The number of aromatic nitrogens is 1. The number of nitrogens with zero attached hydrogens (tertiary/aromatic N) is 2. The Morgan fingerprint density at radius 1 is 1.22 bits per heavy atom. The molecule has 1 unspecified atom stereocenters. The van der Waals surface area contributed by atoms with E-state index in [0.717, 1.165) is 4.90 Å². The second-order valence-electron chi connectivity index (χ2n) is 5.91. The maximum atomic E-state index is 14.4. The summed E-state index contributed by atoms with van der Waals surface area (Å²) >= 11 is 1.18. The fraction of sp³-hybridized carbons (Fsp3) is 0.167. The Kier molecular flexibility index (Phi) is 4.23. The normalized spacial score (nSPS) is 16.3. The molecule has 138 valence electrons. The van der Waals surface area contributed by atoms with Gasteiger partial charge in [0.25, 0.3) is 5.91 Å². The van der Waals surface area contributed by atoms with Crippen molar-refractivity contribution in [2.45, 2.75) is 19.1 Å². The lowest BCUT2D eigenvalue weighted by Crippen LogP contribution is -2.46. The lowest BCUT2D eigenvalue weighted by atomic mass is 10.1. The monoisotopic (exact) mass is 390 g/mol. The summed E-state index contributed by atoms with van der Waals surface area (Å²) in [5.74, 6) is -2.99. The maximum Gasteiger partial charge on any atom is 0.307 e. The lowest BCUT2D eigenvalue weighted by Gasteiger charge is -2.33. The summed E-state index contributed by atoms with van der Waals surface area (Å²) < 4.78 is 34.3. The number of para-hydroxylation sites is 2. The Balaban J connectivity index is 1.75. The van der Waals surface area contributed by atoms with E-state index in [1.165, 1.54) is 35.6 Å². The summed E-state index contributed by atoms with van der Waals surface area (Å²) in [6.45, 7) is -0.120. The van der Waals surface area contributed by atoms with Crippen LogP contribution < -0.4 is 9.64 Å². The van der Waals surface area contributed by atoms with E-state index in [-0.39, 0.29) is 23.5 Å². The Labute approximate surface area is 155 Å². The molecule has 6 nitrogen and oxygen atoms in total. The van der Waals surface area contributed by atoms with Crippen molar-refractivity contribution in [3.8, 4) is 5.75 Å². The molecule has 1 N–H and O–H groups in total. The molecule has 2 heterocycles. The smallest absolute Gasteiger partial charge is 0.307 e. The van der Waals surface area contributed by atoms with Gasteiger partial charge in [0.1, 0.15) is 27.8 Å². The van der Waals surface area contributed by atoms with Gasteiger partial charge in [-0.2, -0.15) is 0 Å². The van der Waals surface area contributed by atoms with E-state index in [2.05, 4.69) is 4.98 Å². The first-order valence-corrected chi connectivity index (χ1v) is 8.78. The van der Waals surface area contributed by atoms with Gasteiger partial charge in [-0.25, -0.2) is 13.8 Å². The molecule has 0 spiro atoms. The van der Waals surface area contributed by atoms with Crippen LogP contribution in [0.4, 0.5) is 14.5 Å². The zero-order valence-electron chi connectivity index (χ0n) is 13.7. The number of carboxylic acid groups (broad SMARTS) is 1. The van der Waals surface area contributed by atoms with Gasteiger partial charge in [-0.05, 0) is 24.3 Å². The highest BCUT2D eigenvalue weighted by molar-refractivity contribution is 7.18. The number of carboxylic acids is 1. The summed E-state index contributed by atoms with van der Waals surface area (Å²) in [5, 5.41) is 9.41. The van der Waals surface area contributed by atoms with Crippen molar-refractivity contribution in [2.75, 3.05) is 4.90 Å². The van der Waals surface area contributed by atoms with Crippen molar-refractivity contribution in [2.24, 2.45) is 0 Å². The molecule has 1 atom stereocenters. The average molecular weight is 390 g/mol. The molecule has 0 radical (unpaired) electrons. The predicted molar refractivity (Wildman–Crippen MR) is 93.8 cm³/mol. The van der Waals surface area contributed by atoms with E-state index in [1.807, 2.05) is 0 Å². The Hall–Kier alpha value is -3.07. The van der Waals surface area contributed by atoms with E-state index in [1.54, 1.807) is 12.1 Å². The number of rotatable bonds is 4. The van der Waals surface area contributed by atoms with Crippen molar-refractivity contribution in [1.29, 1.82) is 0 Å². The van der Waals surface area contributed by atoms with Crippen LogP contribution in [0.1, 0.15) is 11.4 Å². The molecule has 1 aliphatic heterocycles. The zero-order valence-corrected chi connectivity index (χ0v) is 14.5. The topological polar surface area (TPSA) is 79.7 Å². The zero-order chi connectivity index (χ0) is 19.1. The van der Waals surface area contributed by atoms with E-state index in [9.17, 15) is 18.4 Å².